The van der Waals surface area contributed by atoms with Crippen molar-refractivity contribution >= 4 is 23.5 Å². The van der Waals surface area contributed by atoms with Crippen molar-refractivity contribution in [1.29, 1.82) is 0 Å². The number of halogens is 1. The summed E-state index contributed by atoms with van der Waals surface area (Å²) in [7, 11) is 2.67. The molecule has 6 heteroatoms. The Morgan fingerprint density at radius 1 is 1.37 bits per heavy atom. The molecule has 5 nitrogen and oxygen atoms in total. The molecule has 0 unspecified atom stereocenters. The molecule has 102 valence electrons. The molecule has 1 aromatic rings. The minimum absolute atomic E-state index is 0.334. The molecule has 0 spiro atoms. The fraction of sp³-hybridized carbons (Fsp3) is 0.231. The third-order valence-corrected chi connectivity index (χ3v) is 2.62. The van der Waals surface area contributed by atoms with Crippen molar-refractivity contribution in [3.63, 3.8) is 0 Å². The predicted molar refractivity (Wildman–Crippen MR) is 70.7 cm³/mol. The van der Waals surface area contributed by atoms with Crippen molar-refractivity contribution in [3.8, 4) is 0 Å². The van der Waals surface area contributed by atoms with E-state index in [0.29, 0.717) is 11.6 Å². The maximum absolute atomic E-state index is 11.7. The number of likely N-dealkylation sites (N-methyl/N-ethyl adjacent to an activating group) is 1. The second-order valence-electron chi connectivity index (χ2n) is 3.84. The van der Waals surface area contributed by atoms with Crippen LogP contribution in [0.15, 0.2) is 36.1 Å². The number of methoxy groups -OCH3 is 1. The first-order valence-corrected chi connectivity index (χ1v) is 5.80. The van der Waals surface area contributed by atoms with Gasteiger partial charge in [-0.3, -0.25) is 4.79 Å². The Hall–Kier alpha value is -2.01. The van der Waals surface area contributed by atoms with E-state index in [1.807, 2.05) is 0 Å². The molecule has 0 fully saturated rings. The van der Waals surface area contributed by atoms with Crippen LogP contribution in [0.3, 0.4) is 0 Å². The van der Waals surface area contributed by atoms with Crippen LogP contribution in [0.4, 0.5) is 0 Å². The van der Waals surface area contributed by atoms with E-state index in [0.717, 1.165) is 18.7 Å². The summed E-state index contributed by atoms with van der Waals surface area (Å²) >= 11 is 5.76. The Morgan fingerprint density at radius 2 is 1.95 bits per heavy atom. The number of ether oxygens (including phenoxy) is 1. The minimum Gasteiger partial charge on any atom is -0.502 e. The minimum atomic E-state index is -0.951. The van der Waals surface area contributed by atoms with Gasteiger partial charge in [0.15, 0.2) is 0 Å². The molecule has 0 heterocycles. The normalized spacial score (nSPS) is 11.0. The second-order valence-corrected chi connectivity index (χ2v) is 4.28. The highest BCUT2D eigenvalue weighted by Crippen LogP contribution is 2.11. The van der Waals surface area contributed by atoms with Gasteiger partial charge < -0.3 is 14.7 Å². The maximum atomic E-state index is 11.7. The zero-order valence-corrected chi connectivity index (χ0v) is 11.3. The number of aliphatic hydroxyl groups excluding tert-OH is 1. The smallest absolute Gasteiger partial charge is 0.373 e. The summed E-state index contributed by atoms with van der Waals surface area (Å²) in [5.74, 6) is -2.18. The third kappa shape index (κ3) is 4.63. The highest BCUT2D eigenvalue weighted by molar-refractivity contribution is 6.30. The van der Waals surface area contributed by atoms with Gasteiger partial charge in [0.05, 0.1) is 13.2 Å². The highest BCUT2D eigenvalue weighted by Gasteiger charge is 2.13. The van der Waals surface area contributed by atoms with Gasteiger partial charge in [-0.15, -0.1) is 0 Å². The number of esters is 1. The lowest BCUT2D eigenvalue weighted by Gasteiger charge is -2.15. The Kier molecular flexibility index (Phi) is 5.38. The molecule has 1 rings (SSSR count). The van der Waals surface area contributed by atoms with Crippen LogP contribution >= 0.6 is 11.6 Å². The number of aliphatic hydroxyl groups is 1. The van der Waals surface area contributed by atoms with Crippen molar-refractivity contribution in [1.82, 2.24) is 4.90 Å². The van der Waals surface area contributed by atoms with Gasteiger partial charge in [-0.25, -0.2) is 4.79 Å². The van der Waals surface area contributed by atoms with Crippen LogP contribution in [0.5, 0.6) is 0 Å². The first-order chi connectivity index (χ1) is 8.93. The van der Waals surface area contributed by atoms with Crippen LogP contribution in [0.2, 0.25) is 5.02 Å². The summed E-state index contributed by atoms with van der Waals surface area (Å²) in [6, 6.07) is 7.01. The Bertz CT molecular complexity index is 496. The van der Waals surface area contributed by atoms with Crippen molar-refractivity contribution in [2.45, 2.75) is 6.54 Å². The monoisotopic (exact) mass is 283 g/mol. The van der Waals surface area contributed by atoms with Crippen molar-refractivity contribution < 1.29 is 19.4 Å². The van der Waals surface area contributed by atoms with Crippen LogP contribution in [-0.2, 0) is 20.9 Å². The van der Waals surface area contributed by atoms with Crippen LogP contribution in [-0.4, -0.2) is 36.0 Å². The van der Waals surface area contributed by atoms with Gasteiger partial charge in [-0.2, -0.15) is 0 Å². The molecule has 0 aliphatic rings. The molecule has 1 amide bonds. The summed E-state index contributed by atoms with van der Waals surface area (Å²) in [5.41, 5.74) is 0.881. The SMILES string of the molecule is COC(=O)C(O)=CC(=O)N(C)Cc1ccc(Cl)cc1. The summed E-state index contributed by atoms with van der Waals surface area (Å²) in [5, 5.41) is 9.87. The quantitative estimate of drug-likeness (QED) is 0.521. The molecular formula is C13H14ClNO4. The molecule has 1 N–H and O–H groups in total. The van der Waals surface area contributed by atoms with Gasteiger partial charge in [0.2, 0.25) is 5.76 Å². The average Bonchev–Trinajstić information content (AvgIpc) is 2.40. The number of amides is 1. The molecule has 0 radical (unpaired) electrons. The van der Waals surface area contributed by atoms with Crippen molar-refractivity contribution in [2.75, 3.05) is 14.2 Å². The largest absolute Gasteiger partial charge is 0.502 e. The van der Waals surface area contributed by atoms with E-state index in [2.05, 4.69) is 4.74 Å². The topological polar surface area (TPSA) is 66.8 Å². The van der Waals surface area contributed by atoms with Gasteiger partial charge in [0, 0.05) is 18.6 Å². The Balaban J connectivity index is 2.67. The number of benzene rings is 1. The zero-order chi connectivity index (χ0) is 14.4. The Labute approximate surface area is 116 Å². The van der Waals surface area contributed by atoms with Crippen LogP contribution < -0.4 is 0 Å². The number of hydrogen-bond acceptors (Lipinski definition) is 4. The van der Waals surface area contributed by atoms with E-state index in [4.69, 9.17) is 11.6 Å². The summed E-state index contributed by atoms with van der Waals surface area (Å²) in [6.07, 6.45) is 0.821. The van der Waals surface area contributed by atoms with E-state index in [1.165, 1.54) is 4.90 Å². The first-order valence-electron chi connectivity index (χ1n) is 5.42. The van der Waals surface area contributed by atoms with Crippen LogP contribution in [0.1, 0.15) is 5.56 Å². The lowest BCUT2D eigenvalue weighted by molar-refractivity contribution is -0.139. The van der Waals surface area contributed by atoms with E-state index < -0.39 is 17.6 Å². The first kappa shape index (κ1) is 15.0. The predicted octanol–water partition coefficient (Wildman–Crippen LogP) is 1.91. The second kappa shape index (κ2) is 6.80. The van der Waals surface area contributed by atoms with Gasteiger partial charge in [-0.05, 0) is 17.7 Å². The lowest BCUT2D eigenvalue weighted by Crippen LogP contribution is -2.25. The fourth-order valence-corrected chi connectivity index (χ4v) is 1.46. The molecule has 0 aliphatic carbocycles. The molecule has 0 atom stereocenters. The molecule has 1 aromatic carbocycles. The maximum Gasteiger partial charge on any atom is 0.373 e. The zero-order valence-electron chi connectivity index (χ0n) is 10.6. The number of hydrogen-bond donors (Lipinski definition) is 1. The fourth-order valence-electron chi connectivity index (χ4n) is 1.33. The van der Waals surface area contributed by atoms with Crippen LogP contribution in [0, 0.1) is 0 Å². The molecule has 0 saturated heterocycles. The van der Waals surface area contributed by atoms with Gasteiger partial charge in [0.25, 0.3) is 5.91 Å². The molecule has 0 aromatic heterocycles. The molecule has 0 saturated carbocycles. The number of carbonyl (C=O) groups is 2. The summed E-state index contributed by atoms with van der Waals surface area (Å²) < 4.78 is 4.28. The van der Waals surface area contributed by atoms with E-state index in [1.54, 1.807) is 31.3 Å². The number of rotatable bonds is 4. The summed E-state index contributed by atoms with van der Waals surface area (Å²) in [6.45, 7) is 0.334. The van der Waals surface area contributed by atoms with E-state index in [-0.39, 0.29) is 0 Å². The van der Waals surface area contributed by atoms with Gasteiger partial charge in [-0.1, -0.05) is 23.7 Å². The molecule has 0 aliphatic heterocycles. The molecular weight excluding hydrogens is 270 g/mol. The average molecular weight is 284 g/mol. The third-order valence-electron chi connectivity index (χ3n) is 2.36. The van der Waals surface area contributed by atoms with E-state index >= 15 is 0 Å². The molecule has 19 heavy (non-hydrogen) atoms. The van der Waals surface area contributed by atoms with E-state index in [9.17, 15) is 14.7 Å². The van der Waals surface area contributed by atoms with Gasteiger partial charge >= 0.3 is 5.97 Å². The van der Waals surface area contributed by atoms with Gasteiger partial charge in [0.1, 0.15) is 0 Å². The molecule has 0 bridgehead atoms. The van der Waals surface area contributed by atoms with Crippen LogP contribution in [0.25, 0.3) is 0 Å². The number of nitrogens with zero attached hydrogens (tertiary/aromatic N) is 1. The standard InChI is InChI=1S/C13H14ClNO4/c1-15(8-9-3-5-10(14)6-4-9)12(17)7-11(16)13(18)19-2/h3-7,16H,8H2,1-2H3. The van der Waals surface area contributed by atoms with Crippen molar-refractivity contribution in [2.24, 2.45) is 0 Å². The number of carbonyl (C=O) groups excluding carboxylic acids is 2. The highest BCUT2D eigenvalue weighted by atomic mass is 35.5. The summed E-state index contributed by atoms with van der Waals surface area (Å²) in [4.78, 5) is 24.0. The Morgan fingerprint density at radius 3 is 2.47 bits per heavy atom. The van der Waals surface area contributed by atoms with Crippen molar-refractivity contribution in [3.05, 3.63) is 46.7 Å². The lowest BCUT2D eigenvalue weighted by atomic mass is 10.2.